The van der Waals surface area contributed by atoms with Gasteiger partial charge in [-0.25, -0.2) is 14.7 Å². The summed E-state index contributed by atoms with van der Waals surface area (Å²) in [6.07, 6.45) is 3.00. The highest BCUT2D eigenvalue weighted by Crippen LogP contribution is 2.43. The number of urea groups is 1. The van der Waals surface area contributed by atoms with Gasteiger partial charge >= 0.3 is 6.03 Å². The summed E-state index contributed by atoms with van der Waals surface area (Å²) in [5.74, 6) is -0.283. The van der Waals surface area contributed by atoms with Crippen LogP contribution in [0.5, 0.6) is 0 Å². The van der Waals surface area contributed by atoms with Gasteiger partial charge in [-0.1, -0.05) is 24.3 Å². The molecule has 10 nitrogen and oxygen atoms in total. The number of aromatic nitrogens is 1. The second-order valence-corrected chi connectivity index (χ2v) is 9.01. The Bertz CT molecular complexity index is 1200. The predicted molar refractivity (Wildman–Crippen MR) is 129 cm³/mol. The van der Waals surface area contributed by atoms with Gasteiger partial charge in [0.2, 0.25) is 0 Å². The first-order chi connectivity index (χ1) is 16.6. The number of rotatable bonds is 7. The molecular weight excluding hydrogens is 454 g/mol. The molecule has 11 heteroatoms. The van der Waals surface area contributed by atoms with Gasteiger partial charge in [0.15, 0.2) is 5.11 Å². The van der Waals surface area contributed by atoms with Crippen LogP contribution in [0, 0.1) is 11.3 Å². The Balaban J connectivity index is 1.33. The normalized spacial score (nSPS) is 23.1. The van der Waals surface area contributed by atoms with E-state index in [1.807, 2.05) is 11.0 Å². The molecule has 2 bridgehead atoms. The molecule has 0 spiro atoms. The van der Waals surface area contributed by atoms with E-state index in [9.17, 15) is 14.9 Å². The van der Waals surface area contributed by atoms with Crippen LogP contribution in [0.3, 0.4) is 0 Å². The van der Waals surface area contributed by atoms with Crippen LogP contribution in [-0.4, -0.2) is 87.9 Å². The summed E-state index contributed by atoms with van der Waals surface area (Å²) in [7, 11) is 0. The number of nitrogens with zero attached hydrogens (tertiary/aromatic N) is 5. The number of benzene rings is 1. The van der Waals surface area contributed by atoms with Crippen molar-refractivity contribution in [1.29, 1.82) is 5.26 Å². The summed E-state index contributed by atoms with van der Waals surface area (Å²) in [4.78, 5) is 36.1. The summed E-state index contributed by atoms with van der Waals surface area (Å²) in [5.41, 5.74) is 0.661. The molecule has 0 aliphatic carbocycles. The zero-order valence-electron chi connectivity index (χ0n) is 18.5. The highest BCUT2D eigenvalue weighted by atomic mass is 32.1. The lowest BCUT2D eigenvalue weighted by molar-refractivity contribution is -0.120. The Hall–Kier alpha value is -3.33. The van der Waals surface area contributed by atoms with E-state index in [0.29, 0.717) is 47.6 Å². The minimum Gasteiger partial charge on any atom is -0.395 e. The topological polar surface area (TPSA) is 125 Å². The van der Waals surface area contributed by atoms with Crippen molar-refractivity contribution in [2.75, 3.05) is 37.7 Å². The summed E-state index contributed by atoms with van der Waals surface area (Å²) in [6, 6.07) is 8.07. The molecular formula is C23H25N7O3S. The summed E-state index contributed by atoms with van der Waals surface area (Å²) >= 11 is 5.61. The van der Waals surface area contributed by atoms with Crippen molar-refractivity contribution < 1.29 is 14.7 Å². The second-order valence-electron chi connectivity index (χ2n) is 8.63. The van der Waals surface area contributed by atoms with E-state index in [1.54, 1.807) is 23.1 Å². The SMILES string of the molecule is N#Cc1ncc(N2C(=O)[C@@H]3C4CC(CN4C(=S)NCCCNCCO)N3C2=O)c2ccccc12. The lowest BCUT2D eigenvalue weighted by Gasteiger charge is -2.36. The molecule has 4 heterocycles. The van der Waals surface area contributed by atoms with Gasteiger partial charge in [-0.3, -0.25) is 4.79 Å². The number of fused-ring (bicyclic) bond motifs is 6. The number of nitriles is 1. The summed E-state index contributed by atoms with van der Waals surface area (Å²) in [6.45, 7) is 2.72. The van der Waals surface area contributed by atoms with E-state index in [4.69, 9.17) is 17.3 Å². The lowest BCUT2D eigenvalue weighted by Crippen LogP contribution is -2.57. The molecule has 1 aromatic heterocycles. The number of carbonyl (C=O) groups is 2. The lowest BCUT2D eigenvalue weighted by atomic mass is 10.1. The molecule has 176 valence electrons. The highest BCUT2D eigenvalue weighted by Gasteiger charge is 2.62. The molecule has 1 aromatic carbocycles. The van der Waals surface area contributed by atoms with Crippen molar-refractivity contribution in [3.05, 3.63) is 36.2 Å². The molecule has 5 rings (SSSR count). The number of hydrogen-bond acceptors (Lipinski definition) is 7. The number of thiocarbonyl (C=S) groups is 1. The Morgan fingerprint density at radius 1 is 1.24 bits per heavy atom. The van der Waals surface area contributed by atoms with Crippen molar-refractivity contribution in [3.8, 4) is 6.07 Å². The Kier molecular flexibility index (Phi) is 6.03. The molecule has 3 fully saturated rings. The van der Waals surface area contributed by atoms with Gasteiger partial charge in [-0.2, -0.15) is 5.26 Å². The maximum absolute atomic E-state index is 13.6. The van der Waals surface area contributed by atoms with Crippen molar-refractivity contribution in [1.82, 2.24) is 25.4 Å². The van der Waals surface area contributed by atoms with Crippen LogP contribution in [0.2, 0.25) is 0 Å². The minimum absolute atomic E-state index is 0.0833. The number of nitrogens with one attached hydrogen (secondary N) is 2. The van der Waals surface area contributed by atoms with E-state index in [-0.39, 0.29) is 36.3 Å². The smallest absolute Gasteiger partial charge is 0.332 e. The fraction of sp³-hybridized carbons (Fsp3) is 0.435. The van der Waals surface area contributed by atoms with E-state index in [0.717, 1.165) is 13.0 Å². The average molecular weight is 480 g/mol. The van der Waals surface area contributed by atoms with Crippen LogP contribution in [0.15, 0.2) is 30.5 Å². The van der Waals surface area contributed by atoms with Crippen LogP contribution in [-0.2, 0) is 4.79 Å². The zero-order valence-corrected chi connectivity index (χ0v) is 19.3. The van der Waals surface area contributed by atoms with Gasteiger partial charge in [0.25, 0.3) is 5.91 Å². The molecule has 3 aliphatic heterocycles. The van der Waals surface area contributed by atoms with Gasteiger partial charge in [-0.15, -0.1) is 0 Å². The molecule has 3 saturated heterocycles. The number of carbonyl (C=O) groups excluding carboxylic acids is 2. The van der Waals surface area contributed by atoms with Crippen molar-refractivity contribution >= 4 is 45.7 Å². The largest absolute Gasteiger partial charge is 0.395 e. The molecule has 3 atom stereocenters. The first-order valence-electron chi connectivity index (χ1n) is 11.4. The monoisotopic (exact) mass is 479 g/mol. The van der Waals surface area contributed by atoms with Crippen LogP contribution in [0.4, 0.5) is 10.5 Å². The van der Waals surface area contributed by atoms with Crippen LogP contribution >= 0.6 is 12.2 Å². The van der Waals surface area contributed by atoms with E-state index < -0.39 is 6.04 Å². The van der Waals surface area contributed by atoms with Crippen molar-refractivity contribution in [2.45, 2.75) is 31.0 Å². The molecule has 3 aliphatic rings. The number of aliphatic hydroxyl groups is 1. The number of pyridine rings is 1. The van der Waals surface area contributed by atoms with Crippen LogP contribution < -0.4 is 15.5 Å². The molecule has 2 aromatic rings. The minimum atomic E-state index is -0.591. The number of aliphatic hydroxyl groups excluding tert-OH is 1. The van der Waals surface area contributed by atoms with Crippen molar-refractivity contribution in [3.63, 3.8) is 0 Å². The molecule has 3 N–H and O–H groups in total. The number of imide groups is 1. The Morgan fingerprint density at radius 2 is 2.03 bits per heavy atom. The van der Waals surface area contributed by atoms with E-state index in [1.165, 1.54) is 11.1 Å². The van der Waals surface area contributed by atoms with E-state index >= 15 is 0 Å². The Morgan fingerprint density at radius 3 is 2.79 bits per heavy atom. The van der Waals surface area contributed by atoms with E-state index in [2.05, 4.69) is 21.7 Å². The highest BCUT2D eigenvalue weighted by molar-refractivity contribution is 7.80. The maximum Gasteiger partial charge on any atom is 0.332 e. The first kappa shape index (κ1) is 22.5. The van der Waals surface area contributed by atoms with Gasteiger partial charge in [-0.05, 0) is 31.6 Å². The number of hydrogen-bond donors (Lipinski definition) is 3. The standard InChI is InChI=1S/C23H25N7O3S/c24-11-17-15-4-1-2-5-16(15)19(12-27-17)30-21(32)20-18-10-14(29(20)23(30)33)13-28(18)22(34)26-7-3-6-25-8-9-31/h1-2,4-5,12,14,18,20,25,31H,3,6-10,13H2,(H,26,34)/t14?,18?,20-/m0/s1. The molecule has 0 radical (unpaired) electrons. The van der Waals surface area contributed by atoms with Gasteiger partial charge in [0.1, 0.15) is 17.8 Å². The third kappa shape index (κ3) is 3.55. The summed E-state index contributed by atoms with van der Waals surface area (Å²) in [5, 5.41) is 26.4. The van der Waals surface area contributed by atoms with Gasteiger partial charge < -0.3 is 25.5 Å². The third-order valence-corrected chi connectivity index (χ3v) is 7.12. The fourth-order valence-electron chi connectivity index (χ4n) is 5.27. The molecule has 3 amide bonds. The van der Waals surface area contributed by atoms with Gasteiger partial charge in [0, 0.05) is 30.4 Å². The summed E-state index contributed by atoms with van der Waals surface area (Å²) < 4.78 is 0. The second kappa shape index (κ2) is 9.13. The average Bonchev–Trinajstić information content (AvgIpc) is 3.52. The van der Waals surface area contributed by atoms with Crippen LogP contribution in [0.1, 0.15) is 18.5 Å². The Labute approximate surface area is 202 Å². The fourth-order valence-corrected chi connectivity index (χ4v) is 5.58. The molecule has 2 unspecified atom stereocenters. The van der Waals surface area contributed by atoms with Crippen molar-refractivity contribution in [2.24, 2.45) is 0 Å². The number of amides is 3. The third-order valence-electron chi connectivity index (χ3n) is 6.74. The molecule has 0 saturated carbocycles. The number of piperazine rings is 1. The van der Waals surface area contributed by atoms with Gasteiger partial charge in [0.05, 0.1) is 30.6 Å². The predicted octanol–water partition coefficient (Wildman–Crippen LogP) is 0.547. The zero-order chi connectivity index (χ0) is 23.8. The number of likely N-dealkylation sites (tertiary alicyclic amines) is 1. The van der Waals surface area contributed by atoms with Crippen LogP contribution in [0.25, 0.3) is 10.8 Å². The maximum atomic E-state index is 13.6. The number of anilines is 1. The first-order valence-corrected chi connectivity index (χ1v) is 11.8. The molecule has 34 heavy (non-hydrogen) atoms. The quantitative estimate of drug-likeness (QED) is 0.297.